The first kappa shape index (κ1) is 13.2. The van der Waals surface area contributed by atoms with E-state index in [1.165, 1.54) is 0 Å². The molecule has 6 nitrogen and oxygen atoms in total. The summed E-state index contributed by atoms with van der Waals surface area (Å²) >= 11 is 0. The zero-order chi connectivity index (χ0) is 13.9. The average molecular weight is 278 g/mol. The van der Waals surface area contributed by atoms with Gasteiger partial charge in [-0.05, 0) is 19.1 Å². The summed E-state index contributed by atoms with van der Waals surface area (Å²) in [4.78, 5) is 14.4. The van der Waals surface area contributed by atoms with Crippen molar-refractivity contribution in [3.63, 3.8) is 0 Å². The van der Waals surface area contributed by atoms with Gasteiger partial charge in [0.25, 0.3) is 0 Å². The quantitative estimate of drug-likeness (QED) is 0.896. The number of nitrogens with one attached hydrogen (secondary N) is 1. The van der Waals surface area contributed by atoms with Gasteiger partial charge in [0.2, 0.25) is 12.7 Å². The maximum atomic E-state index is 12.2. The van der Waals surface area contributed by atoms with Gasteiger partial charge in [-0.1, -0.05) is 0 Å². The van der Waals surface area contributed by atoms with Crippen molar-refractivity contribution < 1.29 is 19.0 Å². The summed E-state index contributed by atoms with van der Waals surface area (Å²) in [7, 11) is 0. The number of carbonyl (C=O) groups is 1. The van der Waals surface area contributed by atoms with Crippen molar-refractivity contribution in [1.82, 2.24) is 4.90 Å². The molecule has 1 atom stereocenters. The van der Waals surface area contributed by atoms with Crippen LogP contribution >= 0.6 is 0 Å². The van der Waals surface area contributed by atoms with Crippen LogP contribution in [0.15, 0.2) is 18.2 Å². The predicted octanol–water partition coefficient (Wildman–Crippen LogP) is 1.07. The standard InChI is InChI=1S/C14H18N2O4/c1-10(16-4-6-18-7-5-16)14(17)15-11-2-3-12-13(8-11)20-9-19-12/h2-3,8,10H,4-7,9H2,1H3,(H,15,17)/t10-/m1/s1. The number of amides is 1. The van der Waals surface area contributed by atoms with Gasteiger partial charge in [-0.2, -0.15) is 0 Å². The van der Waals surface area contributed by atoms with Gasteiger partial charge in [0.05, 0.1) is 19.3 Å². The average Bonchev–Trinajstić information content (AvgIpc) is 2.95. The number of hydrogen-bond acceptors (Lipinski definition) is 5. The Labute approximate surface area is 117 Å². The number of anilines is 1. The smallest absolute Gasteiger partial charge is 0.241 e. The largest absolute Gasteiger partial charge is 0.454 e. The minimum atomic E-state index is -0.177. The Kier molecular flexibility index (Phi) is 3.75. The zero-order valence-corrected chi connectivity index (χ0v) is 11.4. The molecule has 0 aliphatic carbocycles. The minimum Gasteiger partial charge on any atom is -0.454 e. The molecule has 1 amide bonds. The van der Waals surface area contributed by atoms with E-state index in [0.29, 0.717) is 24.7 Å². The third-order valence-electron chi connectivity index (χ3n) is 3.61. The van der Waals surface area contributed by atoms with E-state index in [2.05, 4.69) is 10.2 Å². The lowest BCUT2D eigenvalue weighted by Crippen LogP contribution is -2.47. The van der Waals surface area contributed by atoms with Crippen LogP contribution < -0.4 is 14.8 Å². The summed E-state index contributed by atoms with van der Waals surface area (Å²) < 4.78 is 15.8. The molecule has 0 bridgehead atoms. The van der Waals surface area contributed by atoms with Crippen LogP contribution in [0.3, 0.4) is 0 Å². The summed E-state index contributed by atoms with van der Waals surface area (Å²) in [6, 6.07) is 5.23. The lowest BCUT2D eigenvalue weighted by atomic mass is 10.2. The highest BCUT2D eigenvalue weighted by molar-refractivity contribution is 5.94. The van der Waals surface area contributed by atoms with E-state index < -0.39 is 0 Å². The topological polar surface area (TPSA) is 60.0 Å². The zero-order valence-electron chi connectivity index (χ0n) is 11.4. The number of fused-ring (bicyclic) bond motifs is 1. The summed E-state index contributed by atoms with van der Waals surface area (Å²) in [6.45, 7) is 5.08. The Morgan fingerprint density at radius 3 is 2.80 bits per heavy atom. The van der Waals surface area contributed by atoms with Gasteiger partial charge in [-0.3, -0.25) is 9.69 Å². The second-order valence-corrected chi connectivity index (χ2v) is 4.88. The summed E-state index contributed by atoms with van der Waals surface area (Å²) in [5.74, 6) is 1.36. The lowest BCUT2D eigenvalue weighted by molar-refractivity contribution is -0.122. The van der Waals surface area contributed by atoms with Crippen LogP contribution in [0.25, 0.3) is 0 Å². The molecule has 1 fully saturated rings. The molecule has 2 aliphatic heterocycles. The van der Waals surface area contributed by atoms with E-state index in [9.17, 15) is 4.79 Å². The van der Waals surface area contributed by atoms with Crippen molar-refractivity contribution in [1.29, 1.82) is 0 Å². The highest BCUT2D eigenvalue weighted by Gasteiger charge is 2.23. The molecule has 3 rings (SSSR count). The number of ether oxygens (including phenoxy) is 3. The first-order chi connectivity index (χ1) is 9.74. The number of benzene rings is 1. The molecule has 0 spiro atoms. The number of carbonyl (C=O) groups excluding carboxylic acids is 1. The summed E-state index contributed by atoms with van der Waals surface area (Å²) in [5, 5.41) is 2.91. The number of hydrogen-bond donors (Lipinski definition) is 1. The highest BCUT2D eigenvalue weighted by atomic mass is 16.7. The van der Waals surface area contributed by atoms with Crippen LogP contribution in [0, 0.1) is 0 Å². The molecule has 6 heteroatoms. The number of morpholine rings is 1. The SMILES string of the molecule is C[C@H](C(=O)Nc1ccc2c(c1)OCO2)N1CCOCC1. The van der Waals surface area contributed by atoms with E-state index in [0.717, 1.165) is 18.8 Å². The third-order valence-corrected chi connectivity index (χ3v) is 3.61. The van der Waals surface area contributed by atoms with Crippen molar-refractivity contribution >= 4 is 11.6 Å². The fourth-order valence-corrected chi connectivity index (χ4v) is 2.35. The molecule has 108 valence electrons. The fraction of sp³-hybridized carbons (Fsp3) is 0.500. The van der Waals surface area contributed by atoms with Gasteiger partial charge in [0.15, 0.2) is 11.5 Å². The van der Waals surface area contributed by atoms with E-state index >= 15 is 0 Å². The van der Waals surface area contributed by atoms with Crippen LogP contribution in [-0.2, 0) is 9.53 Å². The molecule has 1 N–H and O–H groups in total. The third kappa shape index (κ3) is 2.71. The van der Waals surface area contributed by atoms with Gasteiger partial charge < -0.3 is 19.5 Å². The lowest BCUT2D eigenvalue weighted by Gasteiger charge is -2.31. The van der Waals surface area contributed by atoms with Crippen molar-refractivity contribution in [3.8, 4) is 11.5 Å². The second-order valence-electron chi connectivity index (χ2n) is 4.88. The highest BCUT2D eigenvalue weighted by Crippen LogP contribution is 2.34. The Morgan fingerprint density at radius 2 is 2.00 bits per heavy atom. The van der Waals surface area contributed by atoms with E-state index in [1.807, 2.05) is 13.0 Å². The number of rotatable bonds is 3. The Bertz CT molecular complexity index is 500. The minimum absolute atomic E-state index is 0.0224. The first-order valence-corrected chi connectivity index (χ1v) is 6.76. The Balaban J connectivity index is 1.63. The Hall–Kier alpha value is -1.79. The Morgan fingerprint density at radius 1 is 1.25 bits per heavy atom. The second kappa shape index (κ2) is 5.68. The molecule has 1 saturated heterocycles. The van der Waals surface area contributed by atoms with Crippen LogP contribution in [0.2, 0.25) is 0 Å². The predicted molar refractivity (Wildman–Crippen MR) is 73.0 cm³/mol. The van der Waals surface area contributed by atoms with Gasteiger partial charge in [-0.25, -0.2) is 0 Å². The van der Waals surface area contributed by atoms with Crippen LogP contribution in [0.1, 0.15) is 6.92 Å². The number of nitrogens with zero attached hydrogens (tertiary/aromatic N) is 1. The molecule has 1 aromatic rings. The van der Waals surface area contributed by atoms with E-state index in [4.69, 9.17) is 14.2 Å². The molecule has 1 aromatic carbocycles. The maximum absolute atomic E-state index is 12.2. The van der Waals surface area contributed by atoms with Crippen molar-refractivity contribution in [3.05, 3.63) is 18.2 Å². The monoisotopic (exact) mass is 278 g/mol. The first-order valence-electron chi connectivity index (χ1n) is 6.76. The fourth-order valence-electron chi connectivity index (χ4n) is 2.35. The maximum Gasteiger partial charge on any atom is 0.241 e. The molecule has 2 heterocycles. The van der Waals surface area contributed by atoms with Crippen LogP contribution in [-0.4, -0.2) is 49.9 Å². The van der Waals surface area contributed by atoms with Crippen molar-refractivity contribution in [2.45, 2.75) is 13.0 Å². The molecule has 2 aliphatic rings. The van der Waals surface area contributed by atoms with Gasteiger partial charge in [-0.15, -0.1) is 0 Å². The van der Waals surface area contributed by atoms with Crippen molar-refractivity contribution in [2.75, 3.05) is 38.4 Å². The molecule has 0 unspecified atom stereocenters. The molecule has 20 heavy (non-hydrogen) atoms. The normalized spacial score (nSPS) is 19.6. The van der Waals surface area contributed by atoms with E-state index in [1.54, 1.807) is 12.1 Å². The molecule has 0 saturated carbocycles. The van der Waals surface area contributed by atoms with Gasteiger partial charge >= 0.3 is 0 Å². The summed E-state index contributed by atoms with van der Waals surface area (Å²) in [6.07, 6.45) is 0. The van der Waals surface area contributed by atoms with Crippen LogP contribution in [0.4, 0.5) is 5.69 Å². The molecular formula is C14H18N2O4. The van der Waals surface area contributed by atoms with Crippen molar-refractivity contribution in [2.24, 2.45) is 0 Å². The molecule has 0 radical (unpaired) electrons. The van der Waals surface area contributed by atoms with Gasteiger partial charge in [0.1, 0.15) is 0 Å². The van der Waals surface area contributed by atoms with Gasteiger partial charge in [0, 0.05) is 24.8 Å². The van der Waals surface area contributed by atoms with E-state index in [-0.39, 0.29) is 18.7 Å². The molecular weight excluding hydrogens is 260 g/mol. The summed E-state index contributed by atoms with van der Waals surface area (Å²) in [5.41, 5.74) is 0.722. The van der Waals surface area contributed by atoms with Crippen LogP contribution in [0.5, 0.6) is 11.5 Å². The molecule has 0 aromatic heterocycles.